The third-order valence-corrected chi connectivity index (χ3v) is 4.84. The molecule has 1 saturated heterocycles. The fourth-order valence-electron chi connectivity index (χ4n) is 3.16. The fourth-order valence-corrected chi connectivity index (χ4v) is 3.16. The molecule has 0 saturated carbocycles. The molecule has 2 heterocycles. The summed E-state index contributed by atoms with van der Waals surface area (Å²) < 4.78 is 27.2. The summed E-state index contributed by atoms with van der Waals surface area (Å²) in [6.45, 7) is 5.10. The van der Waals surface area contributed by atoms with Crippen molar-refractivity contribution in [3.8, 4) is 0 Å². The van der Waals surface area contributed by atoms with Gasteiger partial charge in [0.1, 0.15) is 17.5 Å². The number of nitrogens with two attached hydrogens (primary N) is 1. The molecule has 0 radical (unpaired) electrons. The predicted octanol–water partition coefficient (Wildman–Crippen LogP) is 2.18. The highest BCUT2D eigenvalue weighted by molar-refractivity contribution is 5.90. The zero-order valence-corrected chi connectivity index (χ0v) is 15.7. The number of hydrogen-bond acceptors (Lipinski definition) is 5. The Morgan fingerprint density at radius 3 is 2.74 bits per heavy atom. The first-order valence-corrected chi connectivity index (χ1v) is 8.81. The zero-order chi connectivity index (χ0) is 19.7. The van der Waals surface area contributed by atoms with Crippen LogP contribution < -0.4 is 10.6 Å². The van der Waals surface area contributed by atoms with Gasteiger partial charge in [0.05, 0.1) is 0 Å². The quantitative estimate of drug-likeness (QED) is 0.887. The fraction of sp³-hybridized carbons (Fsp3) is 0.421. The van der Waals surface area contributed by atoms with E-state index in [2.05, 4.69) is 14.9 Å². The first kappa shape index (κ1) is 19.2. The number of hydrogen-bond donors (Lipinski definition) is 1. The average molecular weight is 375 g/mol. The SMILES string of the molecule is Cc1nc(C(=O)N(C)Cc2cc(F)ccc2F)nc(N2CC[C@@H](N)C2)c1C. The van der Waals surface area contributed by atoms with E-state index in [1.54, 1.807) is 0 Å². The molecule has 1 atom stereocenters. The van der Waals surface area contributed by atoms with E-state index in [0.717, 1.165) is 36.7 Å². The molecule has 144 valence electrons. The minimum absolute atomic E-state index is 0.0351. The topological polar surface area (TPSA) is 75.4 Å². The number of rotatable bonds is 4. The van der Waals surface area contributed by atoms with E-state index in [1.807, 2.05) is 13.8 Å². The Morgan fingerprint density at radius 2 is 2.07 bits per heavy atom. The summed E-state index contributed by atoms with van der Waals surface area (Å²) in [4.78, 5) is 24.9. The lowest BCUT2D eigenvalue weighted by Crippen LogP contribution is -2.31. The highest BCUT2D eigenvalue weighted by atomic mass is 19.1. The van der Waals surface area contributed by atoms with Crippen molar-refractivity contribution in [2.24, 2.45) is 5.73 Å². The van der Waals surface area contributed by atoms with Crippen LogP contribution in [0.3, 0.4) is 0 Å². The molecule has 1 aliphatic rings. The Bertz CT molecular complexity index is 873. The van der Waals surface area contributed by atoms with Crippen molar-refractivity contribution in [2.45, 2.75) is 32.9 Å². The highest BCUT2D eigenvalue weighted by Crippen LogP contribution is 2.24. The number of aryl methyl sites for hydroxylation is 1. The molecule has 1 amide bonds. The second kappa shape index (κ2) is 7.56. The lowest BCUT2D eigenvalue weighted by Gasteiger charge is -2.22. The zero-order valence-electron chi connectivity index (χ0n) is 15.7. The molecule has 1 fully saturated rings. The molecule has 6 nitrogen and oxygen atoms in total. The number of carbonyl (C=O) groups excluding carboxylic acids is 1. The predicted molar refractivity (Wildman–Crippen MR) is 98.5 cm³/mol. The van der Waals surface area contributed by atoms with E-state index in [0.29, 0.717) is 18.1 Å². The van der Waals surface area contributed by atoms with E-state index < -0.39 is 17.5 Å². The number of benzene rings is 1. The Hall–Kier alpha value is -2.61. The van der Waals surface area contributed by atoms with Gasteiger partial charge < -0.3 is 15.5 Å². The Balaban J connectivity index is 1.85. The van der Waals surface area contributed by atoms with E-state index >= 15 is 0 Å². The minimum atomic E-state index is -0.566. The van der Waals surface area contributed by atoms with Crippen LogP contribution in [0.15, 0.2) is 18.2 Å². The third-order valence-electron chi connectivity index (χ3n) is 4.84. The van der Waals surface area contributed by atoms with Gasteiger partial charge in [-0.25, -0.2) is 18.7 Å². The van der Waals surface area contributed by atoms with Crippen molar-refractivity contribution in [3.63, 3.8) is 0 Å². The summed E-state index contributed by atoms with van der Waals surface area (Å²) in [5.41, 5.74) is 7.69. The van der Waals surface area contributed by atoms with Crippen LogP contribution in [0.2, 0.25) is 0 Å². The van der Waals surface area contributed by atoms with Gasteiger partial charge in [0.25, 0.3) is 5.91 Å². The first-order chi connectivity index (χ1) is 12.8. The molecule has 1 aromatic carbocycles. The van der Waals surface area contributed by atoms with E-state index in [-0.39, 0.29) is 24.0 Å². The van der Waals surface area contributed by atoms with Crippen LogP contribution in [0.1, 0.15) is 33.9 Å². The van der Waals surface area contributed by atoms with Crippen LogP contribution in [0.4, 0.5) is 14.6 Å². The lowest BCUT2D eigenvalue weighted by molar-refractivity contribution is 0.0771. The Morgan fingerprint density at radius 1 is 1.33 bits per heavy atom. The number of amides is 1. The second-order valence-corrected chi connectivity index (χ2v) is 6.97. The smallest absolute Gasteiger partial charge is 0.291 e. The van der Waals surface area contributed by atoms with Gasteiger partial charge in [0.2, 0.25) is 5.82 Å². The molecule has 27 heavy (non-hydrogen) atoms. The van der Waals surface area contributed by atoms with Crippen molar-refractivity contribution in [1.82, 2.24) is 14.9 Å². The molecule has 0 unspecified atom stereocenters. The normalized spacial score (nSPS) is 16.7. The molecule has 2 aromatic rings. The van der Waals surface area contributed by atoms with Gasteiger partial charge in [0.15, 0.2) is 0 Å². The van der Waals surface area contributed by atoms with Gasteiger partial charge in [-0.15, -0.1) is 0 Å². The van der Waals surface area contributed by atoms with Crippen molar-refractivity contribution in [2.75, 3.05) is 25.0 Å². The number of halogens is 2. The Kier molecular flexibility index (Phi) is 5.36. The maximum atomic E-state index is 13.9. The van der Waals surface area contributed by atoms with Crippen molar-refractivity contribution in [3.05, 3.63) is 52.5 Å². The molecular formula is C19H23F2N5O. The van der Waals surface area contributed by atoms with Gasteiger partial charge in [0, 0.05) is 49.5 Å². The summed E-state index contributed by atoms with van der Waals surface area (Å²) in [5.74, 6) is -0.838. The maximum Gasteiger partial charge on any atom is 0.291 e. The van der Waals surface area contributed by atoms with Gasteiger partial charge in [-0.05, 0) is 38.5 Å². The van der Waals surface area contributed by atoms with Crippen LogP contribution in [0.5, 0.6) is 0 Å². The first-order valence-electron chi connectivity index (χ1n) is 8.81. The molecule has 0 bridgehead atoms. The van der Waals surface area contributed by atoms with Crippen LogP contribution >= 0.6 is 0 Å². The van der Waals surface area contributed by atoms with Crippen molar-refractivity contribution >= 4 is 11.7 Å². The summed E-state index contributed by atoms with van der Waals surface area (Å²) in [6, 6.07) is 3.25. The monoisotopic (exact) mass is 375 g/mol. The number of carbonyl (C=O) groups is 1. The summed E-state index contributed by atoms with van der Waals surface area (Å²) in [6.07, 6.45) is 0.866. The molecule has 8 heteroatoms. The largest absolute Gasteiger partial charge is 0.355 e. The molecule has 0 spiro atoms. The Labute approximate surface area is 157 Å². The average Bonchev–Trinajstić information content (AvgIpc) is 3.05. The molecule has 3 rings (SSSR count). The summed E-state index contributed by atoms with van der Waals surface area (Å²) in [5, 5.41) is 0. The van der Waals surface area contributed by atoms with E-state index in [1.165, 1.54) is 11.9 Å². The van der Waals surface area contributed by atoms with Crippen LogP contribution in [-0.4, -0.2) is 47.0 Å². The molecule has 0 aliphatic carbocycles. The molecular weight excluding hydrogens is 352 g/mol. The molecule has 1 aliphatic heterocycles. The maximum absolute atomic E-state index is 13.9. The highest BCUT2D eigenvalue weighted by Gasteiger charge is 2.25. The minimum Gasteiger partial charge on any atom is -0.355 e. The number of aromatic nitrogens is 2. The summed E-state index contributed by atoms with van der Waals surface area (Å²) >= 11 is 0. The van der Waals surface area contributed by atoms with E-state index in [9.17, 15) is 13.6 Å². The van der Waals surface area contributed by atoms with Gasteiger partial charge >= 0.3 is 0 Å². The van der Waals surface area contributed by atoms with Gasteiger partial charge in [-0.2, -0.15) is 0 Å². The number of nitrogens with zero attached hydrogens (tertiary/aromatic N) is 4. The van der Waals surface area contributed by atoms with Gasteiger partial charge in [-0.3, -0.25) is 4.79 Å². The van der Waals surface area contributed by atoms with Crippen molar-refractivity contribution in [1.29, 1.82) is 0 Å². The molecule has 1 aromatic heterocycles. The second-order valence-electron chi connectivity index (χ2n) is 6.97. The van der Waals surface area contributed by atoms with Crippen LogP contribution in [0, 0.1) is 25.5 Å². The van der Waals surface area contributed by atoms with Crippen LogP contribution in [0.25, 0.3) is 0 Å². The molecule has 2 N–H and O–H groups in total. The van der Waals surface area contributed by atoms with Crippen molar-refractivity contribution < 1.29 is 13.6 Å². The number of anilines is 1. The summed E-state index contributed by atoms with van der Waals surface area (Å²) in [7, 11) is 1.51. The third kappa shape index (κ3) is 4.05. The van der Waals surface area contributed by atoms with Gasteiger partial charge in [-0.1, -0.05) is 0 Å². The van der Waals surface area contributed by atoms with E-state index in [4.69, 9.17) is 5.73 Å². The lowest BCUT2D eigenvalue weighted by atomic mass is 10.2. The van der Waals surface area contributed by atoms with Crippen LogP contribution in [-0.2, 0) is 6.54 Å². The standard InChI is InChI=1S/C19H23F2N5O/c1-11-12(2)23-17(24-18(11)26-7-6-15(22)10-26)19(27)25(3)9-13-8-14(20)4-5-16(13)21/h4-5,8,15H,6-7,9-10,22H2,1-3H3/t15-/m1/s1.